The predicted molar refractivity (Wildman–Crippen MR) is 77.7 cm³/mol. The van der Waals surface area contributed by atoms with E-state index in [0.717, 1.165) is 25.7 Å². The number of carbonyl (C=O) groups excluding carboxylic acids is 1. The highest BCUT2D eigenvalue weighted by Gasteiger charge is 2.30. The number of likely N-dealkylation sites (N-methyl/N-ethyl adjacent to an activating group) is 1. The lowest BCUT2D eigenvalue weighted by Gasteiger charge is -2.35. The minimum absolute atomic E-state index is 0.122. The van der Waals surface area contributed by atoms with Crippen LogP contribution in [-0.4, -0.2) is 42.2 Å². The molecular weight excluding hydrogens is 256 g/mol. The summed E-state index contributed by atoms with van der Waals surface area (Å²) >= 11 is 0. The lowest BCUT2D eigenvalue weighted by atomic mass is 9.91. The second-order valence-electron chi connectivity index (χ2n) is 5.54. The van der Waals surface area contributed by atoms with Crippen molar-refractivity contribution in [1.82, 2.24) is 4.90 Å². The standard InChI is InChI=1S/C15H22N2O3/c1-17(2)12-5-3-4-6-14(12)20-15(19)11-8-7-10(16)9-13(11)18/h7-9,12,14,18H,3-6,16H2,1-2H3/t12-,14-/m1/s1. The molecule has 1 aliphatic rings. The zero-order chi connectivity index (χ0) is 14.7. The average Bonchev–Trinajstić information content (AvgIpc) is 2.38. The van der Waals surface area contributed by atoms with Gasteiger partial charge >= 0.3 is 5.97 Å². The SMILES string of the molecule is CN(C)[C@@H]1CCCC[C@H]1OC(=O)c1ccc(N)cc1O. The number of ether oxygens (including phenoxy) is 1. The molecule has 1 aliphatic carbocycles. The topological polar surface area (TPSA) is 75.8 Å². The summed E-state index contributed by atoms with van der Waals surface area (Å²) in [5.74, 6) is -0.617. The molecule has 2 atom stereocenters. The molecule has 0 spiro atoms. The number of carbonyl (C=O) groups is 1. The Labute approximate surface area is 119 Å². The van der Waals surface area contributed by atoms with Crippen molar-refractivity contribution in [2.45, 2.75) is 37.8 Å². The Morgan fingerprint density at radius 1 is 1.35 bits per heavy atom. The molecular formula is C15H22N2O3. The van der Waals surface area contributed by atoms with Crippen molar-refractivity contribution in [3.8, 4) is 5.75 Å². The third-order valence-electron chi connectivity index (χ3n) is 3.83. The number of anilines is 1. The van der Waals surface area contributed by atoms with E-state index >= 15 is 0 Å². The molecule has 2 rings (SSSR count). The molecule has 110 valence electrons. The molecule has 0 bridgehead atoms. The van der Waals surface area contributed by atoms with E-state index in [0.29, 0.717) is 5.69 Å². The van der Waals surface area contributed by atoms with Gasteiger partial charge < -0.3 is 20.5 Å². The lowest BCUT2D eigenvalue weighted by molar-refractivity contribution is -0.00738. The van der Waals surface area contributed by atoms with Gasteiger partial charge in [-0.05, 0) is 45.5 Å². The lowest BCUT2D eigenvalue weighted by Crippen LogP contribution is -2.43. The van der Waals surface area contributed by atoms with Gasteiger partial charge in [-0.15, -0.1) is 0 Å². The van der Waals surface area contributed by atoms with Crippen LogP contribution in [0.4, 0.5) is 5.69 Å². The van der Waals surface area contributed by atoms with Crippen LogP contribution in [0.3, 0.4) is 0 Å². The Balaban J connectivity index is 2.09. The highest BCUT2D eigenvalue weighted by Crippen LogP contribution is 2.27. The molecule has 0 aromatic heterocycles. The third-order valence-corrected chi connectivity index (χ3v) is 3.83. The fraction of sp³-hybridized carbons (Fsp3) is 0.533. The van der Waals surface area contributed by atoms with Gasteiger partial charge in [-0.3, -0.25) is 0 Å². The normalized spacial score (nSPS) is 22.8. The third kappa shape index (κ3) is 3.22. The Morgan fingerprint density at radius 3 is 2.70 bits per heavy atom. The summed E-state index contributed by atoms with van der Waals surface area (Å²) in [6.45, 7) is 0. The summed E-state index contributed by atoms with van der Waals surface area (Å²) in [6.07, 6.45) is 3.99. The van der Waals surface area contributed by atoms with Crippen LogP contribution in [0, 0.1) is 0 Å². The minimum atomic E-state index is -0.485. The van der Waals surface area contributed by atoms with Crippen LogP contribution in [-0.2, 0) is 4.74 Å². The van der Waals surface area contributed by atoms with Gasteiger partial charge in [0.1, 0.15) is 17.4 Å². The van der Waals surface area contributed by atoms with Crippen LogP contribution in [0.5, 0.6) is 5.75 Å². The first-order valence-corrected chi connectivity index (χ1v) is 6.95. The molecule has 5 nitrogen and oxygen atoms in total. The molecule has 1 aromatic rings. The van der Waals surface area contributed by atoms with E-state index in [2.05, 4.69) is 4.90 Å². The molecule has 1 aromatic carbocycles. The van der Waals surface area contributed by atoms with Crippen molar-refractivity contribution < 1.29 is 14.6 Å². The molecule has 0 amide bonds. The van der Waals surface area contributed by atoms with Crippen LogP contribution in [0.15, 0.2) is 18.2 Å². The highest BCUT2D eigenvalue weighted by molar-refractivity contribution is 5.93. The van der Waals surface area contributed by atoms with Gasteiger partial charge in [0.05, 0.1) is 0 Å². The predicted octanol–water partition coefficient (Wildman–Crippen LogP) is 2.00. The Kier molecular flexibility index (Phi) is 4.49. The van der Waals surface area contributed by atoms with Crippen LogP contribution < -0.4 is 5.73 Å². The van der Waals surface area contributed by atoms with E-state index in [9.17, 15) is 9.90 Å². The molecule has 1 fully saturated rings. The number of aromatic hydroxyl groups is 1. The zero-order valence-corrected chi connectivity index (χ0v) is 12.0. The quantitative estimate of drug-likeness (QED) is 0.653. The zero-order valence-electron chi connectivity index (χ0n) is 12.0. The maximum absolute atomic E-state index is 12.2. The first-order chi connectivity index (χ1) is 9.49. The molecule has 5 heteroatoms. The van der Waals surface area contributed by atoms with Crippen molar-refractivity contribution >= 4 is 11.7 Å². The van der Waals surface area contributed by atoms with Crippen LogP contribution in [0.1, 0.15) is 36.0 Å². The number of phenols is 1. The Morgan fingerprint density at radius 2 is 2.05 bits per heavy atom. The molecule has 0 saturated heterocycles. The fourth-order valence-electron chi connectivity index (χ4n) is 2.73. The number of esters is 1. The average molecular weight is 278 g/mol. The summed E-state index contributed by atoms with van der Waals surface area (Å²) in [5, 5.41) is 9.78. The van der Waals surface area contributed by atoms with Gasteiger partial charge in [-0.1, -0.05) is 6.42 Å². The summed E-state index contributed by atoms with van der Waals surface area (Å²) in [7, 11) is 4.00. The molecule has 1 saturated carbocycles. The number of benzene rings is 1. The van der Waals surface area contributed by atoms with Crippen molar-refractivity contribution in [3.05, 3.63) is 23.8 Å². The van der Waals surface area contributed by atoms with E-state index in [4.69, 9.17) is 10.5 Å². The summed E-state index contributed by atoms with van der Waals surface area (Å²) in [5.41, 5.74) is 6.14. The Hall–Kier alpha value is -1.75. The molecule has 0 heterocycles. The molecule has 0 radical (unpaired) electrons. The molecule has 20 heavy (non-hydrogen) atoms. The van der Waals surface area contributed by atoms with Crippen molar-refractivity contribution in [2.75, 3.05) is 19.8 Å². The van der Waals surface area contributed by atoms with E-state index in [1.165, 1.54) is 12.1 Å². The number of nitrogens with two attached hydrogens (primary N) is 1. The van der Waals surface area contributed by atoms with Crippen LogP contribution in [0.25, 0.3) is 0 Å². The van der Waals surface area contributed by atoms with Gasteiger partial charge in [0, 0.05) is 17.8 Å². The van der Waals surface area contributed by atoms with Crippen LogP contribution in [0.2, 0.25) is 0 Å². The number of nitrogens with zero attached hydrogens (tertiary/aromatic N) is 1. The maximum atomic E-state index is 12.2. The number of nitrogen functional groups attached to an aromatic ring is 1. The van der Waals surface area contributed by atoms with Gasteiger partial charge in [-0.25, -0.2) is 4.79 Å². The van der Waals surface area contributed by atoms with Crippen molar-refractivity contribution in [1.29, 1.82) is 0 Å². The largest absolute Gasteiger partial charge is 0.507 e. The first kappa shape index (κ1) is 14.7. The summed E-state index contributed by atoms with van der Waals surface area (Å²) in [4.78, 5) is 14.3. The number of hydrogen-bond donors (Lipinski definition) is 2. The van der Waals surface area contributed by atoms with Gasteiger partial charge in [0.2, 0.25) is 0 Å². The minimum Gasteiger partial charge on any atom is -0.507 e. The van der Waals surface area contributed by atoms with Crippen LogP contribution >= 0.6 is 0 Å². The second kappa shape index (κ2) is 6.13. The highest BCUT2D eigenvalue weighted by atomic mass is 16.5. The molecule has 0 unspecified atom stereocenters. The number of rotatable bonds is 3. The first-order valence-electron chi connectivity index (χ1n) is 6.95. The number of hydrogen-bond acceptors (Lipinski definition) is 5. The maximum Gasteiger partial charge on any atom is 0.342 e. The van der Waals surface area contributed by atoms with Crippen molar-refractivity contribution in [2.24, 2.45) is 0 Å². The van der Waals surface area contributed by atoms with Crippen molar-refractivity contribution in [3.63, 3.8) is 0 Å². The van der Waals surface area contributed by atoms with Gasteiger partial charge in [-0.2, -0.15) is 0 Å². The van der Waals surface area contributed by atoms with E-state index < -0.39 is 5.97 Å². The second-order valence-corrected chi connectivity index (χ2v) is 5.54. The molecule has 0 aliphatic heterocycles. The number of phenolic OH excluding ortho intramolecular Hbond substituents is 1. The monoisotopic (exact) mass is 278 g/mol. The summed E-state index contributed by atoms with van der Waals surface area (Å²) in [6, 6.07) is 4.69. The van der Waals surface area contributed by atoms with Gasteiger partial charge in [0.25, 0.3) is 0 Å². The smallest absolute Gasteiger partial charge is 0.342 e. The molecule has 3 N–H and O–H groups in total. The van der Waals surface area contributed by atoms with E-state index in [-0.39, 0.29) is 23.5 Å². The van der Waals surface area contributed by atoms with E-state index in [1.807, 2.05) is 14.1 Å². The van der Waals surface area contributed by atoms with E-state index in [1.54, 1.807) is 6.07 Å². The Bertz CT molecular complexity index is 488. The summed E-state index contributed by atoms with van der Waals surface area (Å²) < 4.78 is 5.59. The fourth-order valence-corrected chi connectivity index (χ4v) is 2.73. The van der Waals surface area contributed by atoms with Gasteiger partial charge in [0.15, 0.2) is 0 Å².